The Hall–Kier alpha value is -2.82. The third-order valence-corrected chi connectivity index (χ3v) is 4.71. The molecule has 2 atom stereocenters. The summed E-state index contributed by atoms with van der Waals surface area (Å²) in [6.45, 7) is 4.10. The van der Waals surface area contributed by atoms with E-state index in [2.05, 4.69) is 13.0 Å². The van der Waals surface area contributed by atoms with Gasteiger partial charge in [-0.05, 0) is 36.8 Å². The number of benzene rings is 2. The average Bonchev–Trinajstić information content (AvgIpc) is 2.98. The van der Waals surface area contributed by atoms with Crippen LogP contribution in [0, 0.1) is 0 Å². The van der Waals surface area contributed by atoms with Crippen molar-refractivity contribution >= 4 is 6.08 Å². The normalized spacial score (nSPS) is 18.5. The van der Waals surface area contributed by atoms with Crippen molar-refractivity contribution in [3.63, 3.8) is 0 Å². The molecule has 138 valence electrons. The number of hydrogen-bond acceptors (Lipinski definition) is 5. The number of aromatic hydroxyl groups is 1. The molecule has 0 bridgehead atoms. The Morgan fingerprint density at radius 3 is 2.12 bits per heavy atom. The highest BCUT2D eigenvalue weighted by molar-refractivity contribution is 5.62. The molecule has 5 nitrogen and oxygen atoms in total. The number of fused-ring (bicyclic) bond motifs is 1. The van der Waals surface area contributed by atoms with Crippen LogP contribution in [0.25, 0.3) is 6.08 Å². The molecule has 2 aromatic carbocycles. The van der Waals surface area contributed by atoms with Gasteiger partial charge in [-0.25, -0.2) is 0 Å². The van der Waals surface area contributed by atoms with E-state index in [-0.39, 0.29) is 17.8 Å². The summed E-state index contributed by atoms with van der Waals surface area (Å²) >= 11 is 0. The molecule has 0 aromatic heterocycles. The first-order valence-electron chi connectivity index (χ1n) is 8.50. The Morgan fingerprint density at radius 1 is 0.962 bits per heavy atom. The zero-order valence-corrected chi connectivity index (χ0v) is 15.7. The third-order valence-electron chi connectivity index (χ3n) is 4.71. The molecule has 0 saturated carbocycles. The van der Waals surface area contributed by atoms with Gasteiger partial charge < -0.3 is 24.1 Å². The number of methoxy groups -OCH3 is 3. The lowest BCUT2D eigenvalue weighted by Crippen LogP contribution is -2.08. The number of phenols is 1. The summed E-state index contributed by atoms with van der Waals surface area (Å²) < 4.78 is 22.3. The lowest BCUT2D eigenvalue weighted by Gasteiger charge is -2.18. The molecule has 1 aliphatic heterocycles. The van der Waals surface area contributed by atoms with Gasteiger partial charge in [0, 0.05) is 17.0 Å². The largest absolute Gasteiger partial charge is 0.502 e. The van der Waals surface area contributed by atoms with Crippen molar-refractivity contribution in [2.24, 2.45) is 0 Å². The minimum atomic E-state index is -0.233. The highest BCUT2D eigenvalue weighted by Crippen LogP contribution is 2.52. The summed E-state index contributed by atoms with van der Waals surface area (Å²) in [5.74, 6) is 2.25. The Balaban J connectivity index is 2.07. The van der Waals surface area contributed by atoms with Crippen LogP contribution in [0.2, 0.25) is 0 Å². The van der Waals surface area contributed by atoms with Crippen molar-refractivity contribution in [1.82, 2.24) is 0 Å². The van der Waals surface area contributed by atoms with Crippen LogP contribution >= 0.6 is 0 Å². The second-order valence-electron chi connectivity index (χ2n) is 6.24. The quantitative estimate of drug-likeness (QED) is 0.842. The third kappa shape index (κ3) is 2.94. The molecule has 26 heavy (non-hydrogen) atoms. The molecule has 1 aliphatic rings. The Labute approximate surface area is 153 Å². The first-order chi connectivity index (χ1) is 12.5. The van der Waals surface area contributed by atoms with Gasteiger partial charge in [0.1, 0.15) is 6.10 Å². The second kappa shape index (κ2) is 7.20. The Bertz CT molecular complexity index is 816. The minimum Gasteiger partial charge on any atom is -0.502 e. The number of hydrogen-bond donors (Lipinski definition) is 1. The molecule has 0 spiro atoms. The number of phenolic OH excluding ortho intramolecular Hbond substituents is 1. The zero-order chi connectivity index (χ0) is 18.8. The average molecular weight is 356 g/mol. The molecule has 0 fully saturated rings. The SMILES string of the molecule is C/C=C/c1cc(OC)c2c(c1)C(C)C(c1cc(OC)c(O)c(OC)c1)O2. The molecule has 0 radical (unpaired) electrons. The van der Waals surface area contributed by atoms with Crippen LogP contribution in [-0.4, -0.2) is 26.4 Å². The predicted octanol–water partition coefficient (Wildman–Crippen LogP) is 4.69. The molecular formula is C21H24O5. The van der Waals surface area contributed by atoms with E-state index in [1.54, 1.807) is 19.2 Å². The maximum Gasteiger partial charge on any atom is 0.200 e. The van der Waals surface area contributed by atoms with Gasteiger partial charge >= 0.3 is 0 Å². The van der Waals surface area contributed by atoms with Crippen LogP contribution in [0.4, 0.5) is 0 Å². The summed E-state index contributed by atoms with van der Waals surface area (Å²) in [6.07, 6.45) is 3.80. The topological polar surface area (TPSA) is 57.2 Å². The summed E-state index contributed by atoms with van der Waals surface area (Å²) in [6, 6.07) is 7.65. The van der Waals surface area contributed by atoms with E-state index in [4.69, 9.17) is 18.9 Å². The molecule has 1 N–H and O–H groups in total. The van der Waals surface area contributed by atoms with E-state index >= 15 is 0 Å². The zero-order valence-electron chi connectivity index (χ0n) is 15.7. The van der Waals surface area contributed by atoms with Gasteiger partial charge in [0.2, 0.25) is 5.75 Å². The van der Waals surface area contributed by atoms with E-state index in [0.717, 1.165) is 22.4 Å². The van der Waals surface area contributed by atoms with Gasteiger partial charge in [-0.3, -0.25) is 0 Å². The highest BCUT2D eigenvalue weighted by atomic mass is 16.5. The summed E-state index contributed by atoms with van der Waals surface area (Å²) in [5, 5.41) is 10.2. The maximum absolute atomic E-state index is 10.2. The van der Waals surface area contributed by atoms with Crippen LogP contribution in [0.5, 0.6) is 28.7 Å². The predicted molar refractivity (Wildman–Crippen MR) is 101 cm³/mol. The smallest absolute Gasteiger partial charge is 0.200 e. The molecule has 3 rings (SSSR count). The van der Waals surface area contributed by atoms with Gasteiger partial charge in [0.05, 0.1) is 21.3 Å². The molecule has 0 aliphatic carbocycles. The summed E-state index contributed by atoms with van der Waals surface area (Å²) in [5.41, 5.74) is 3.03. The van der Waals surface area contributed by atoms with E-state index in [0.29, 0.717) is 17.2 Å². The van der Waals surface area contributed by atoms with Crippen molar-refractivity contribution in [2.75, 3.05) is 21.3 Å². The first-order valence-corrected chi connectivity index (χ1v) is 8.50. The highest BCUT2D eigenvalue weighted by Gasteiger charge is 2.36. The van der Waals surface area contributed by atoms with Gasteiger partial charge in [-0.15, -0.1) is 0 Å². The number of ether oxygens (including phenoxy) is 4. The van der Waals surface area contributed by atoms with Gasteiger partial charge in [-0.2, -0.15) is 0 Å². The van der Waals surface area contributed by atoms with Crippen LogP contribution in [0.1, 0.15) is 42.6 Å². The molecule has 2 aromatic rings. The number of allylic oxidation sites excluding steroid dienone is 1. The van der Waals surface area contributed by atoms with Crippen molar-refractivity contribution in [3.05, 3.63) is 47.0 Å². The lowest BCUT2D eigenvalue weighted by molar-refractivity contribution is 0.207. The fourth-order valence-corrected chi connectivity index (χ4v) is 3.38. The van der Waals surface area contributed by atoms with E-state index < -0.39 is 0 Å². The number of rotatable bonds is 5. The molecule has 2 unspecified atom stereocenters. The van der Waals surface area contributed by atoms with Crippen molar-refractivity contribution < 1.29 is 24.1 Å². The lowest BCUT2D eigenvalue weighted by atomic mass is 9.91. The van der Waals surface area contributed by atoms with Gasteiger partial charge in [-0.1, -0.05) is 19.1 Å². The van der Waals surface area contributed by atoms with Crippen LogP contribution < -0.4 is 18.9 Å². The van der Waals surface area contributed by atoms with Crippen molar-refractivity contribution in [1.29, 1.82) is 0 Å². The van der Waals surface area contributed by atoms with Crippen molar-refractivity contribution in [3.8, 4) is 28.7 Å². The van der Waals surface area contributed by atoms with Crippen molar-refractivity contribution in [2.45, 2.75) is 25.9 Å². The molecule has 1 heterocycles. The fourth-order valence-electron chi connectivity index (χ4n) is 3.38. The Morgan fingerprint density at radius 2 is 1.58 bits per heavy atom. The molecule has 0 saturated heterocycles. The van der Waals surface area contributed by atoms with E-state index in [9.17, 15) is 5.11 Å². The maximum atomic E-state index is 10.2. The minimum absolute atomic E-state index is 0.0186. The second-order valence-corrected chi connectivity index (χ2v) is 6.24. The standard InChI is InChI=1S/C21H24O5/c1-6-7-13-8-15-12(2)20(26-21(15)18(9-13)25-5)14-10-16(23-3)19(22)17(11-14)24-4/h6-12,20,22H,1-5H3/b7-6+. The first kappa shape index (κ1) is 18.0. The van der Waals surface area contributed by atoms with Gasteiger partial charge in [0.15, 0.2) is 23.0 Å². The van der Waals surface area contributed by atoms with Crippen LogP contribution in [-0.2, 0) is 0 Å². The molecular weight excluding hydrogens is 332 g/mol. The fraction of sp³-hybridized carbons (Fsp3) is 0.333. The van der Waals surface area contributed by atoms with E-state index in [1.807, 2.05) is 25.1 Å². The summed E-state index contributed by atoms with van der Waals surface area (Å²) in [4.78, 5) is 0. The van der Waals surface area contributed by atoms with Gasteiger partial charge in [0.25, 0.3) is 0 Å². The summed E-state index contributed by atoms with van der Waals surface area (Å²) in [7, 11) is 4.67. The van der Waals surface area contributed by atoms with Crippen LogP contribution in [0.3, 0.4) is 0 Å². The molecule has 5 heteroatoms. The van der Waals surface area contributed by atoms with E-state index in [1.165, 1.54) is 14.2 Å². The Kier molecular flexibility index (Phi) is 4.98. The molecule has 0 amide bonds. The van der Waals surface area contributed by atoms with Crippen LogP contribution in [0.15, 0.2) is 30.3 Å². The monoisotopic (exact) mass is 356 g/mol.